The van der Waals surface area contributed by atoms with Gasteiger partial charge in [0.25, 0.3) is 20.0 Å². The average Bonchev–Trinajstić information content (AvgIpc) is 3.50. The molecule has 0 radical (unpaired) electrons. The van der Waals surface area contributed by atoms with E-state index in [0.29, 0.717) is 23.8 Å². The quantitative estimate of drug-likeness (QED) is 0.132. The molecule has 0 amide bonds. The Morgan fingerprint density at radius 2 is 1.06 bits per heavy atom. The smallest absolute Gasteiger partial charge is 0.264 e. The number of nitrogens with one attached hydrogen (secondary N) is 1. The molecule has 1 heterocycles. The number of aryl methyl sites for hydroxylation is 2. The molecular weight excluding hydrogens is 677 g/mol. The summed E-state index contributed by atoms with van der Waals surface area (Å²) in [6.45, 7) is 3.84. The first kappa shape index (κ1) is 33.5. The van der Waals surface area contributed by atoms with Crippen LogP contribution in [0.5, 0.6) is 0 Å². The maximum Gasteiger partial charge on any atom is 0.264 e. The largest absolute Gasteiger partial charge is 0.280 e. The molecule has 0 spiro atoms. The number of benzene rings is 6. The highest BCUT2D eigenvalue weighted by Gasteiger charge is 2.47. The molecule has 0 aromatic heterocycles. The third-order valence-electron chi connectivity index (χ3n) is 9.61. The maximum absolute atomic E-state index is 14.8. The van der Waals surface area contributed by atoms with Crippen LogP contribution >= 0.6 is 0 Å². The van der Waals surface area contributed by atoms with Crippen molar-refractivity contribution in [1.29, 1.82) is 0 Å². The van der Waals surface area contributed by atoms with E-state index in [1.165, 1.54) is 15.6 Å². The van der Waals surface area contributed by atoms with Gasteiger partial charge in [-0.2, -0.15) is 0 Å². The van der Waals surface area contributed by atoms with Gasteiger partial charge in [-0.1, -0.05) is 126 Å². The number of anilines is 2. The van der Waals surface area contributed by atoms with E-state index >= 15 is 0 Å². The van der Waals surface area contributed by atoms with Crippen LogP contribution in [0.15, 0.2) is 168 Å². The van der Waals surface area contributed by atoms with Crippen molar-refractivity contribution < 1.29 is 16.8 Å². The number of sulfonamides is 2. The molecule has 6 aromatic carbocycles. The SMILES string of the molecule is Cc1ccc(S(=O)(=O)Nc2ccc3c(c2)CC(C[Si](c2ccccc2)(c2ccccc2)c2ccccc2)N3S(=O)(=O)c2ccc(C)cc2)cc1. The first-order chi connectivity index (χ1) is 24.1. The maximum atomic E-state index is 14.8. The highest BCUT2D eigenvalue weighted by Crippen LogP contribution is 2.41. The lowest BCUT2D eigenvalue weighted by Gasteiger charge is -2.38. The van der Waals surface area contributed by atoms with Gasteiger partial charge in [0.05, 0.1) is 15.5 Å². The van der Waals surface area contributed by atoms with Gasteiger partial charge in [-0.05, 0) is 89.9 Å². The summed E-state index contributed by atoms with van der Waals surface area (Å²) in [5, 5.41) is 3.56. The van der Waals surface area contributed by atoms with Crippen LogP contribution in [0, 0.1) is 13.8 Å². The second kappa shape index (κ2) is 13.4. The van der Waals surface area contributed by atoms with Gasteiger partial charge in [0.15, 0.2) is 0 Å². The zero-order chi connectivity index (χ0) is 34.9. The summed E-state index contributed by atoms with van der Waals surface area (Å²) >= 11 is 0. The van der Waals surface area contributed by atoms with Crippen molar-refractivity contribution in [3.63, 3.8) is 0 Å². The second-order valence-electron chi connectivity index (χ2n) is 12.9. The van der Waals surface area contributed by atoms with Crippen molar-refractivity contribution in [3.8, 4) is 0 Å². The van der Waals surface area contributed by atoms with Crippen molar-refractivity contribution in [2.24, 2.45) is 0 Å². The van der Waals surface area contributed by atoms with E-state index in [4.69, 9.17) is 0 Å². The monoisotopic (exact) mass is 714 g/mol. The van der Waals surface area contributed by atoms with Gasteiger partial charge in [0, 0.05) is 11.7 Å². The second-order valence-corrected chi connectivity index (χ2v) is 20.4. The van der Waals surface area contributed by atoms with Crippen LogP contribution in [-0.2, 0) is 26.5 Å². The summed E-state index contributed by atoms with van der Waals surface area (Å²) in [5.41, 5.74) is 3.65. The fourth-order valence-electron chi connectivity index (χ4n) is 7.17. The fourth-order valence-corrected chi connectivity index (χ4v) is 15.1. The molecule has 1 unspecified atom stereocenters. The van der Waals surface area contributed by atoms with Crippen molar-refractivity contribution >= 4 is 55.1 Å². The highest BCUT2D eigenvalue weighted by molar-refractivity contribution is 7.93. The Kier molecular flexibility index (Phi) is 8.98. The topological polar surface area (TPSA) is 83.6 Å². The molecular formula is C41H38N2O4S2Si. The molecule has 0 bridgehead atoms. The van der Waals surface area contributed by atoms with Crippen LogP contribution in [0.2, 0.25) is 6.04 Å². The number of hydrogen-bond acceptors (Lipinski definition) is 4. The van der Waals surface area contributed by atoms with E-state index in [0.717, 1.165) is 16.7 Å². The minimum absolute atomic E-state index is 0.161. The van der Waals surface area contributed by atoms with E-state index in [2.05, 4.69) is 77.5 Å². The van der Waals surface area contributed by atoms with Crippen molar-refractivity contribution in [2.75, 3.05) is 9.03 Å². The third-order valence-corrected chi connectivity index (χ3v) is 17.9. The normalized spacial score (nSPS) is 14.7. The van der Waals surface area contributed by atoms with Crippen LogP contribution in [0.3, 0.4) is 0 Å². The fraction of sp³-hybridized carbons (Fsp3) is 0.122. The lowest BCUT2D eigenvalue weighted by Crippen LogP contribution is -2.69. The predicted octanol–water partition coefficient (Wildman–Crippen LogP) is 6.39. The van der Waals surface area contributed by atoms with E-state index in [-0.39, 0.29) is 9.79 Å². The third kappa shape index (κ3) is 6.28. The molecule has 1 N–H and O–H groups in total. The lowest BCUT2D eigenvalue weighted by atomic mass is 10.1. The van der Waals surface area contributed by atoms with Gasteiger partial charge in [0.1, 0.15) is 8.07 Å². The van der Waals surface area contributed by atoms with Crippen LogP contribution in [0.25, 0.3) is 0 Å². The first-order valence-corrected chi connectivity index (χ1v) is 21.7. The molecule has 1 aliphatic heterocycles. The van der Waals surface area contributed by atoms with Crippen molar-refractivity contribution in [1.82, 2.24) is 0 Å². The first-order valence-electron chi connectivity index (χ1n) is 16.6. The Morgan fingerprint density at radius 1 is 0.600 bits per heavy atom. The molecule has 0 saturated heterocycles. The van der Waals surface area contributed by atoms with Crippen molar-refractivity contribution in [3.05, 3.63) is 174 Å². The van der Waals surface area contributed by atoms with Crippen molar-refractivity contribution in [2.45, 2.75) is 42.1 Å². The Balaban J connectivity index is 1.38. The number of fused-ring (bicyclic) bond motifs is 1. The molecule has 0 aliphatic carbocycles. The van der Waals surface area contributed by atoms with E-state index in [1.807, 2.05) is 44.2 Å². The van der Waals surface area contributed by atoms with Gasteiger partial charge in [0.2, 0.25) is 0 Å². The van der Waals surface area contributed by atoms with Gasteiger partial charge in [-0.15, -0.1) is 0 Å². The molecule has 50 heavy (non-hydrogen) atoms. The Morgan fingerprint density at radius 3 is 1.54 bits per heavy atom. The molecule has 9 heteroatoms. The minimum Gasteiger partial charge on any atom is -0.280 e. The highest BCUT2D eigenvalue weighted by atomic mass is 32.2. The van der Waals surface area contributed by atoms with E-state index in [1.54, 1.807) is 58.9 Å². The van der Waals surface area contributed by atoms with Crippen LogP contribution < -0.4 is 24.6 Å². The summed E-state index contributed by atoms with van der Waals surface area (Å²) in [6, 6.07) is 50.3. The molecule has 0 fully saturated rings. The van der Waals surface area contributed by atoms with Gasteiger partial charge >= 0.3 is 0 Å². The molecule has 6 nitrogen and oxygen atoms in total. The average molecular weight is 715 g/mol. The summed E-state index contributed by atoms with van der Waals surface area (Å²) < 4.78 is 60.6. The van der Waals surface area contributed by atoms with Gasteiger partial charge in [-0.3, -0.25) is 9.03 Å². The molecule has 252 valence electrons. The van der Waals surface area contributed by atoms with Crippen LogP contribution in [-0.4, -0.2) is 31.0 Å². The standard InChI is InChI=1S/C41H38N2O4S2Si/c1-31-18-23-36(24-19-31)48(44,45)42-34-22-27-41-33(28-34)29-35(43(41)49(46,47)37-25-20-32(2)21-26-37)30-50(38-12-6-3-7-13-38,39-14-8-4-9-15-39)40-16-10-5-11-17-40/h3-28,35,42H,29-30H2,1-2H3. The molecule has 6 aromatic rings. The summed E-state index contributed by atoms with van der Waals surface area (Å²) in [5.74, 6) is 0. The molecule has 1 aliphatic rings. The Hall–Kier alpha value is -4.96. The zero-order valence-electron chi connectivity index (χ0n) is 27.9. The predicted molar refractivity (Wildman–Crippen MR) is 206 cm³/mol. The lowest BCUT2D eigenvalue weighted by molar-refractivity contribution is 0.583. The minimum atomic E-state index is -4.02. The molecule has 7 rings (SSSR count). The molecule has 0 saturated carbocycles. The number of nitrogens with zero attached hydrogens (tertiary/aromatic N) is 1. The van der Waals surface area contributed by atoms with Crippen LogP contribution in [0.4, 0.5) is 11.4 Å². The zero-order valence-corrected chi connectivity index (χ0v) is 30.5. The number of hydrogen-bond donors (Lipinski definition) is 1. The Labute approximate surface area is 296 Å². The van der Waals surface area contributed by atoms with Gasteiger partial charge in [-0.25, -0.2) is 16.8 Å². The van der Waals surface area contributed by atoms with Gasteiger partial charge < -0.3 is 0 Å². The van der Waals surface area contributed by atoms with E-state index < -0.39 is 34.2 Å². The summed E-state index contributed by atoms with van der Waals surface area (Å²) in [6.07, 6.45) is 0.418. The number of rotatable bonds is 10. The van der Waals surface area contributed by atoms with Crippen LogP contribution in [0.1, 0.15) is 16.7 Å². The summed E-state index contributed by atoms with van der Waals surface area (Å²) in [4.78, 5) is 0.380. The Bertz CT molecular complexity index is 2240. The van der Waals surface area contributed by atoms with E-state index in [9.17, 15) is 16.8 Å². The summed E-state index contributed by atoms with van der Waals surface area (Å²) in [7, 11) is -10.8. The molecule has 1 atom stereocenters.